The van der Waals surface area contributed by atoms with Crippen LogP contribution in [0.2, 0.25) is 0 Å². The van der Waals surface area contributed by atoms with Crippen molar-refractivity contribution in [3.05, 3.63) is 57.7 Å². The second-order valence-corrected chi connectivity index (χ2v) is 10.1. The molecule has 3 aromatic rings. The summed E-state index contributed by atoms with van der Waals surface area (Å²) in [5.74, 6) is 2.86. The molecule has 11 heteroatoms. The second kappa shape index (κ2) is 11.9. The molecule has 1 atom stereocenters. The van der Waals surface area contributed by atoms with E-state index in [1.54, 1.807) is 11.8 Å². The highest BCUT2D eigenvalue weighted by Gasteiger charge is 2.35. The Balaban J connectivity index is 1.84. The molecule has 1 aliphatic rings. The van der Waals surface area contributed by atoms with Crippen LogP contribution in [0.1, 0.15) is 39.3 Å². The first-order valence-corrected chi connectivity index (χ1v) is 13.8. The van der Waals surface area contributed by atoms with Crippen LogP contribution >= 0.6 is 27.7 Å². The zero-order chi connectivity index (χ0) is 26.5. The highest BCUT2D eigenvalue weighted by atomic mass is 79.9. The maximum absolute atomic E-state index is 13.9. The van der Waals surface area contributed by atoms with Crippen LogP contribution in [-0.2, 0) is 4.79 Å². The fourth-order valence-corrected chi connectivity index (χ4v) is 5.35. The van der Waals surface area contributed by atoms with Gasteiger partial charge in [-0.3, -0.25) is 4.79 Å². The third kappa shape index (κ3) is 5.57. The molecule has 0 spiro atoms. The molecule has 0 saturated carbocycles. The third-order valence-corrected chi connectivity index (χ3v) is 6.95. The molecule has 0 bridgehead atoms. The molecular weight excluding hydrogens is 558 g/mol. The summed E-state index contributed by atoms with van der Waals surface area (Å²) >= 11 is 5.15. The highest BCUT2D eigenvalue weighted by Crippen LogP contribution is 2.43. The highest BCUT2D eigenvalue weighted by molar-refractivity contribution is 9.10. The second-order valence-electron chi connectivity index (χ2n) is 8.01. The van der Waals surface area contributed by atoms with Crippen LogP contribution in [0, 0.1) is 0 Å². The van der Waals surface area contributed by atoms with E-state index in [1.807, 2.05) is 64.1 Å². The number of halogens is 1. The fraction of sp³-hybridized carbons (Fsp3) is 0.346. The molecule has 1 amide bonds. The molecular formula is C26H30BrN5O4S. The molecule has 196 valence electrons. The average molecular weight is 589 g/mol. The van der Waals surface area contributed by atoms with Crippen molar-refractivity contribution in [1.82, 2.24) is 14.8 Å². The lowest BCUT2D eigenvalue weighted by Gasteiger charge is -2.29. The molecule has 1 aliphatic heterocycles. The van der Waals surface area contributed by atoms with Crippen molar-refractivity contribution in [2.45, 2.75) is 38.9 Å². The molecule has 9 nitrogen and oxygen atoms in total. The molecule has 1 unspecified atom stereocenters. The van der Waals surface area contributed by atoms with Gasteiger partial charge in [0.1, 0.15) is 11.8 Å². The van der Waals surface area contributed by atoms with Crippen molar-refractivity contribution in [2.24, 2.45) is 0 Å². The monoisotopic (exact) mass is 587 g/mol. The van der Waals surface area contributed by atoms with Crippen LogP contribution in [0.4, 0.5) is 11.6 Å². The van der Waals surface area contributed by atoms with Crippen LogP contribution in [-0.4, -0.2) is 46.7 Å². The molecule has 0 saturated heterocycles. The number of fused-ring (bicyclic) bond motifs is 1. The van der Waals surface area contributed by atoms with E-state index in [4.69, 9.17) is 19.3 Å². The SMILES string of the molecule is CCOc1ccccc1NC(=O)C1=C(C)Nc2nc(SCC)nn2C1c1cc(Br)c(OC)c(OCC)c1. The molecule has 4 rings (SSSR count). The van der Waals surface area contributed by atoms with Gasteiger partial charge in [0, 0.05) is 5.70 Å². The van der Waals surface area contributed by atoms with E-state index in [2.05, 4.69) is 31.5 Å². The maximum Gasteiger partial charge on any atom is 0.255 e. The Bertz CT molecular complexity index is 1330. The molecule has 0 fully saturated rings. The predicted molar refractivity (Wildman–Crippen MR) is 149 cm³/mol. The molecule has 1 aromatic heterocycles. The topological polar surface area (TPSA) is 99.5 Å². The zero-order valence-corrected chi connectivity index (χ0v) is 23.8. The largest absolute Gasteiger partial charge is 0.492 e. The minimum atomic E-state index is -0.573. The number of anilines is 2. The van der Waals surface area contributed by atoms with Gasteiger partial charge in [-0.25, -0.2) is 4.68 Å². The summed E-state index contributed by atoms with van der Waals surface area (Å²) in [5, 5.41) is 11.7. The molecule has 2 aromatic carbocycles. The van der Waals surface area contributed by atoms with Crippen LogP contribution in [0.5, 0.6) is 17.2 Å². The number of hydrogen-bond acceptors (Lipinski definition) is 8. The summed E-state index contributed by atoms with van der Waals surface area (Å²) in [7, 11) is 1.59. The van der Waals surface area contributed by atoms with E-state index < -0.39 is 6.04 Å². The first kappa shape index (κ1) is 26.9. The third-order valence-electron chi connectivity index (χ3n) is 5.64. The number of carbonyl (C=O) groups excluding carboxylic acids is 1. The average Bonchev–Trinajstić information content (AvgIpc) is 3.26. The minimum absolute atomic E-state index is 0.280. The molecule has 37 heavy (non-hydrogen) atoms. The van der Waals surface area contributed by atoms with Crippen molar-refractivity contribution < 1.29 is 19.0 Å². The van der Waals surface area contributed by atoms with Gasteiger partial charge in [-0.05, 0) is 72.3 Å². The van der Waals surface area contributed by atoms with Gasteiger partial charge in [-0.15, -0.1) is 5.10 Å². The van der Waals surface area contributed by atoms with Gasteiger partial charge in [0.15, 0.2) is 11.5 Å². The fourth-order valence-electron chi connectivity index (χ4n) is 4.17. The normalized spacial score (nSPS) is 14.6. The smallest absolute Gasteiger partial charge is 0.255 e. The van der Waals surface area contributed by atoms with Crippen LogP contribution in [0.3, 0.4) is 0 Å². The van der Waals surface area contributed by atoms with Crippen LogP contribution < -0.4 is 24.8 Å². The van der Waals surface area contributed by atoms with Gasteiger partial charge >= 0.3 is 0 Å². The number of carbonyl (C=O) groups is 1. The zero-order valence-electron chi connectivity index (χ0n) is 21.4. The van der Waals surface area contributed by atoms with Gasteiger partial charge in [-0.1, -0.05) is 30.8 Å². The Labute approximate surface area is 229 Å². The number of para-hydroxylation sites is 2. The summed E-state index contributed by atoms with van der Waals surface area (Å²) in [6.45, 7) is 8.67. The van der Waals surface area contributed by atoms with Gasteiger partial charge < -0.3 is 24.8 Å². The minimum Gasteiger partial charge on any atom is -0.492 e. The van der Waals surface area contributed by atoms with E-state index >= 15 is 0 Å². The van der Waals surface area contributed by atoms with E-state index in [0.29, 0.717) is 63.0 Å². The Morgan fingerprint density at radius 1 is 1.16 bits per heavy atom. The maximum atomic E-state index is 13.9. The number of methoxy groups -OCH3 is 1. The van der Waals surface area contributed by atoms with Gasteiger partial charge in [0.25, 0.3) is 5.91 Å². The number of benzene rings is 2. The number of aromatic nitrogens is 3. The quantitative estimate of drug-likeness (QED) is 0.283. The van der Waals surface area contributed by atoms with Crippen molar-refractivity contribution in [3.8, 4) is 17.2 Å². The van der Waals surface area contributed by atoms with E-state index in [1.165, 1.54) is 11.8 Å². The summed E-state index contributed by atoms with van der Waals surface area (Å²) in [5.41, 5.74) is 2.55. The van der Waals surface area contributed by atoms with E-state index in [9.17, 15) is 4.79 Å². The van der Waals surface area contributed by atoms with Gasteiger partial charge in [0.05, 0.1) is 36.1 Å². The Morgan fingerprint density at radius 2 is 1.89 bits per heavy atom. The lowest BCUT2D eigenvalue weighted by Crippen LogP contribution is -2.31. The van der Waals surface area contributed by atoms with Crippen molar-refractivity contribution >= 4 is 45.2 Å². The molecule has 0 radical (unpaired) electrons. The summed E-state index contributed by atoms with van der Waals surface area (Å²) < 4.78 is 19.6. The number of amides is 1. The molecule has 2 N–H and O–H groups in total. The number of nitrogens with one attached hydrogen (secondary N) is 2. The first-order valence-electron chi connectivity index (χ1n) is 12.0. The lowest BCUT2D eigenvalue weighted by atomic mass is 9.94. The van der Waals surface area contributed by atoms with Gasteiger partial charge in [-0.2, -0.15) is 4.98 Å². The van der Waals surface area contributed by atoms with E-state index in [0.717, 1.165) is 11.3 Å². The first-order chi connectivity index (χ1) is 17.9. The van der Waals surface area contributed by atoms with Crippen LogP contribution in [0.15, 0.2) is 57.3 Å². The van der Waals surface area contributed by atoms with Crippen molar-refractivity contribution in [3.63, 3.8) is 0 Å². The number of rotatable bonds is 10. The number of ether oxygens (including phenoxy) is 3. The summed E-state index contributed by atoms with van der Waals surface area (Å²) in [6.07, 6.45) is 0. The predicted octanol–water partition coefficient (Wildman–Crippen LogP) is 5.89. The Hall–Kier alpha value is -3.18. The van der Waals surface area contributed by atoms with Crippen LogP contribution in [0.25, 0.3) is 0 Å². The lowest BCUT2D eigenvalue weighted by molar-refractivity contribution is -0.113. The Morgan fingerprint density at radius 3 is 2.59 bits per heavy atom. The Kier molecular flexibility index (Phi) is 8.65. The standard InChI is InChI=1S/C26H30BrN5O4S/c1-6-35-19-12-10-9-11-18(19)29-24(33)21-15(4)28-25-30-26(37-8-3)31-32(25)22(21)16-13-17(27)23(34-5)20(14-16)36-7-2/h9-14,22H,6-8H2,1-5H3,(H,29,33)(H,28,30,31). The molecule has 0 aliphatic carbocycles. The number of nitrogens with zero attached hydrogens (tertiary/aromatic N) is 3. The van der Waals surface area contributed by atoms with E-state index in [-0.39, 0.29) is 5.91 Å². The van der Waals surface area contributed by atoms with Crippen molar-refractivity contribution in [1.29, 1.82) is 0 Å². The van der Waals surface area contributed by atoms with Crippen molar-refractivity contribution in [2.75, 3.05) is 36.7 Å². The summed E-state index contributed by atoms with van der Waals surface area (Å²) in [6, 6.07) is 10.6. The number of allylic oxidation sites excluding steroid dienone is 1. The number of thioether (sulfide) groups is 1. The summed E-state index contributed by atoms with van der Waals surface area (Å²) in [4.78, 5) is 18.5. The van der Waals surface area contributed by atoms with Gasteiger partial charge in [0.2, 0.25) is 11.1 Å². The number of hydrogen-bond donors (Lipinski definition) is 2. The molecule has 2 heterocycles.